The molecule has 3 heterocycles. The fourth-order valence-electron chi connectivity index (χ4n) is 4.92. The molecule has 9 heteroatoms. The number of piperidine rings is 1. The topological polar surface area (TPSA) is 82.9 Å². The third-order valence-corrected chi connectivity index (χ3v) is 6.93. The Labute approximate surface area is 208 Å². The number of rotatable bonds is 7. The molecule has 0 radical (unpaired) electrons. The molecule has 2 amide bonds. The zero-order valence-corrected chi connectivity index (χ0v) is 21.2. The van der Waals surface area contributed by atoms with Gasteiger partial charge in [0.25, 0.3) is 5.91 Å². The maximum atomic E-state index is 12.9. The van der Waals surface area contributed by atoms with Gasteiger partial charge in [-0.2, -0.15) is 5.10 Å². The predicted molar refractivity (Wildman–Crippen MR) is 136 cm³/mol. The third kappa shape index (κ3) is 6.33. The molecule has 2 saturated heterocycles. The number of ether oxygens (including phenoxy) is 1. The summed E-state index contributed by atoms with van der Waals surface area (Å²) in [5.74, 6) is 0.0191. The lowest BCUT2D eigenvalue weighted by Gasteiger charge is -2.35. The molecular weight excluding hydrogens is 444 g/mol. The summed E-state index contributed by atoms with van der Waals surface area (Å²) in [6.07, 6.45) is 1.90. The number of carbonyl (C=O) groups excluding carboxylic acids is 2. The van der Waals surface area contributed by atoms with Crippen molar-refractivity contribution in [3.8, 4) is 0 Å². The average Bonchev–Trinajstić information content (AvgIpc) is 3.21. The van der Waals surface area contributed by atoms with Crippen LogP contribution >= 0.6 is 0 Å². The van der Waals surface area contributed by atoms with Crippen molar-refractivity contribution in [2.45, 2.75) is 46.2 Å². The normalized spacial score (nSPS) is 17.1. The largest absolute Gasteiger partial charge is 0.450 e. The number of aryl methyl sites for hydroxylation is 2. The maximum absolute atomic E-state index is 12.9. The summed E-state index contributed by atoms with van der Waals surface area (Å²) in [6.45, 7) is 12.2. The first-order valence-corrected chi connectivity index (χ1v) is 12.7. The van der Waals surface area contributed by atoms with Crippen LogP contribution in [0.25, 0.3) is 0 Å². The van der Waals surface area contributed by atoms with Crippen molar-refractivity contribution < 1.29 is 14.3 Å². The van der Waals surface area contributed by atoms with Crippen LogP contribution < -0.4 is 10.2 Å². The second-order valence-electron chi connectivity index (χ2n) is 9.39. The molecule has 35 heavy (non-hydrogen) atoms. The van der Waals surface area contributed by atoms with Crippen molar-refractivity contribution in [3.63, 3.8) is 0 Å². The lowest BCUT2D eigenvalue weighted by molar-refractivity contribution is 0.0570. The smallest absolute Gasteiger partial charge is 0.409 e. The van der Waals surface area contributed by atoms with E-state index < -0.39 is 0 Å². The Bertz CT molecular complexity index is 989. The van der Waals surface area contributed by atoms with Crippen LogP contribution in [-0.2, 0) is 11.3 Å². The van der Waals surface area contributed by atoms with Crippen LogP contribution in [0.5, 0.6) is 0 Å². The number of carbonyl (C=O) groups is 2. The average molecular weight is 483 g/mol. The van der Waals surface area contributed by atoms with Gasteiger partial charge < -0.3 is 24.8 Å². The van der Waals surface area contributed by atoms with E-state index in [0.29, 0.717) is 44.4 Å². The van der Waals surface area contributed by atoms with E-state index in [1.807, 2.05) is 24.0 Å². The molecule has 0 saturated carbocycles. The van der Waals surface area contributed by atoms with E-state index in [1.54, 1.807) is 11.8 Å². The number of hydrogen-bond acceptors (Lipinski definition) is 6. The van der Waals surface area contributed by atoms with Crippen LogP contribution in [0, 0.1) is 13.8 Å². The van der Waals surface area contributed by atoms with Crippen LogP contribution in [0.2, 0.25) is 0 Å². The summed E-state index contributed by atoms with van der Waals surface area (Å²) >= 11 is 0. The van der Waals surface area contributed by atoms with Gasteiger partial charge in [-0.1, -0.05) is 0 Å². The SMILES string of the molecule is CCOC(=O)N1CCN(C(=O)c2ccc(N3CCC(NCCn4nc(C)cc4C)CC3)cc2)CC1. The maximum Gasteiger partial charge on any atom is 0.409 e. The second kappa shape index (κ2) is 11.6. The van der Waals surface area contributed by atoms with Gasteiger partial charge >= 0.3 is 6.09 Å². The summed E-state index contributed by atoms with van der Waals surface area (Å²) in [4.78, 5) is 30.7. The Morgan fingerprint density at radius 1 is 1.00 bits per heavy atom. The highest BCUT2D eigenvalue weighted by molar-refractivity contribution is 5.94. The zero-order chi connectivity index (χ0) is 24.8. The molecule has 190 valence electrons. The highest BCUT2D eigenvalue weighted by atomic mass is 16.6. The molecule has 4 rings (SSSR count). The molecule has 1 aromatic heterocycles. The van der Waals surface area contributed by atoms with Crippen LogP contribution in [0.3, 0.4) is 0 Å². The Morgan fingerprint density at radius 3 is 2.26 bits per heavy atom. The summed E-state index contributed by atoms with van der Waals surface area (Å²) in [5, 5.41) is 8.22. The summed E-state index contributed by atoms with van der Waals surface area (Å²) < 4.78 is 7.12. The molecule has 1 aromatic carbocycles. The van der Waals surface area contributed by atoms with E-state index >= 15 is 0 Å². The van der Waals surface area contributed by atoms with E-state index in [1.165, 1.54) is 5.69 Å². The minimum atomic E-state index is -0.300. The number of amides is 2. The molecule has 2 aliphatic heterocycles. The van der Waals surface area contributed by atoms with Crippen LogP contribution in [0.4, 0.5) is 10.5 Å². The second-order valence-corrected chi connectivity index (χ2v) is 9.39. The van der Waals surface area contributed by atoms with Gasteiger partial charge in [0, 0.05) is 68.8 Å². The van der Waals surface area contributed by atoms with Gasteiger partial charge in [0.1, 0.15) is 0 Å². The van der Waals surface area contributed by atoms with Gasteiger partial charge in [-0.3, -0.25) is 9.48 Å². The van der Waals surface area contributed by atoms with Gasteiger partial charge in [0.15, 0.2) is 0 Å². The van der Waals surface area contributed by atoms with Crippen molar-refractivity contribution in [1.29, 1.82) is 0 Å². The third-order valence-electron chi connectivity index (χ3n) is 6.93. The lowest BCUT2D eigenvalue weighted by Crippen LogP contribution is -2.50. The summed E-state index contributed by atoms with van der Waals surface area (Å²) in [7, 11) is 0. The minimum Gasteiger partial charge on any atom is -0.450 e. The standard InChI is InChI=1S/C26H38N6O3/c1-4-35-26(34)31-17-15-30(16-18-31)25(33)22-5-7-24(8-6-22)29-12-9-23(10-13-29)27-11-14-32-21(3)19-20(2)28-32/h5-8,19,23,27H,4,9-18H2,1-3H3. The summed E-state index contributed by atoms with van der Waals surface area (Å²) in [5.41, 5.74) is 4.13. The first-order chi connectivity index (χ1) is 16.9. The number of benzene rings is 1. The van der Waals surface area contributed by atoms with Gasteiger partial charge in [-0.15, -0.1) is 0 Å². The Kier molecular flexibility index (Phi) is 8.28. The first kappa shape index (κ1) is 25.0. The zero-order valence-electron chi connectivity index (χ0n) is 21.2. The fraction of sp³-hybridized carbons (Fsp3) is 0.577. The van der Waals surface area contributed by atoms with Crippen molar-refractivity contribution in [2.75, 3.05) is 57.3 Å². The Morgan fingerprint density at radius 2 is 1.66 bits per heavy atom. The molecule has 2 aliphatic rings. The van der Waals surface area contributed by atoms with E-state index in [0.717, 1.165) is 50.4 Å². The number of nitrogens with zero attached hydrogens (tertiary/aromatic N) is 5. The molecule has 0 aliphatic carbocycles. The van der Waals surface area contributed by atoms with E-state index in [2.05, 4.69) is 45.1 Å². The molecule has 0 atom stereocenters. The molecule has 0 spiro atoms. The van der Waals surface area contributed by atoms with Gasteiger partial charge in [-0.25, -0.2) is 4.79 Å². The monoisotopic (exact) mass is 482 g/mol. The quantitative estimate of drug-likeness (QED) is 0.653. The number of anilines is 1. The number of hydrogen-bond donors (Lipinski definition) is 1. The lowest BCUT2D eigenvalue weighted by atomic mass is 10.0. The Balaban J connectivity index is 1.20. The van der Waals surface area contributed by atoms with Crippen LogP contribution in [0.15, 0.2) is 30.3 Å². The van der Waals surface area contributed by atoms with E-state index in [-0.39, 0.29) is 12.0 Å². The molecule has 2 fully saturated rings. The molecule has 2 aromatic rings. The highest BCUT2D eigenvalue weighted by Gasteiger charge is 2.26. The fourth-order valence-corrected chi connectivity index (χ4v) is 4.92. The molecule has 1 N–H and O–H groups in total. The molecule has 9 nitrogen and oxygen atoms in total. The van der Waals surface area contributed by atoms with Gasteiger partial charge in [0.2, 0.25) is 0 Å². The van der Waals surface area contributed by atoms with Crippen LogP contribution in [0.1, 0.15) is 41.5 Å². The van der Waals surface area contributed by atoms with Crippen molar-refractivity contribution >= 4 is 17.7 Å². The molecular formula is C26H38N6O3. The summed E-state index contributed by atoms with van der Waals surface area (Å²) in [6, 6.07) is 10.6. The predicted octanol–water partition coefficient (Wildman–Crippen LogP) is 2.67. The van der Waals surface area contributed by atoms with Gasteiger partial charge in [-0.05, 0) is 63.9 Å². The highest BCUT2D eigenvalue weighted by Crippen LogP contribution is 2.21. The molecule has 0 bridgehead atoms. The van der Waals surface area contributed by atoms with E-state index in [9.17, 15) is 9.59 Å². The Hall–Kier alpha value is -3.07. The van der Waals surface area contributed by atoms with Crippen molar-refractivity contribution in [3.05, 3.63) is 47.3 Å². The minimum absolute atomic E-state index is 0.0191. The number of nitrogens with one attached hydrogen (secondary N) is 1. The van der Waals surface area contributed by atoms with Gasteiger partial charge in [0.05, 0.1) is 18.8 Å². The number of aromatic nitrogens is 2. The van der Waals surface area contributed by atoms with E-state index in [4.69, 9.17) is 4.74 Å². The number of piperazine rings is 1. The van der Waals surface area contributed by atoms with Crippen LogP contribution in [-0.4, -0.2) is 90.0 Å². The van der Waals surface area contributed by atoms with Crippen molar-refractivity contribution in [1.82, 2.24) is 24.9 Å². The van der Waals surface area contributed by atoms with Crippen molar-refractivity contribution in [2.24, 2.45) is 0 Å². The molecule has 0 unspecified atom stereocenters. The first-order valence-electron chi connectivity index (χ1n) is 12.7.